The molecule has 0 radical (unpaired) electrons. The predicted octanol–water partition coefficient (Wildman–Crippen LogP) is 1.52. The van der Waals surface area contributed by atoms with E-state index < -0.39 is 5.97 Å². The molecule has 3 rings (SSSR count). The first-order chi connectivity index (χ1) is 9.16. The van der Waals surface area contributed by atoms with Gasteiger partial charge in [0.1, 0.15) is 0 Å². The molecule has 19 heavy (non-hydrogen) atoms. The first kappa shape index (κ1) is 12.2. The van der Waals surface area contributed by atoms with Crippen molar-refractivity contribution in [1.29, 1.82) is 0 Å². The monoisotopic (exact) mass is 261 g/mol. The molecule has 100 valence electrons. The third-order valence-electron chi connectivity index (χ3n) is 3.69. The van der Waals surface area contributed by atoms with Crippen LogP contribution in [0.1, 0.15) is 39.1 Å². The lowest BCUT2D eigenvalue weighted by molar-refractivity contribution is 0.0540. The van der Waals surface area contributed by atoms with E-state index in [9.17, 15) is 9.59 Å². The number of hydrogen-bond acceptors (Lipinski definition) is 3. The Bertz CT molecular complexity index is 534. The Labute approximate surface area is 110 Å². The summed E-state index contributed by atoms with van der Waals surface area (Å²) in [7, 11) is 0. The summed E-state index contributed by atoms with van der Waals surface area (Å²) in [5.41, 5.74) is 1.23. The smallest absolute Gasteiger partial charge is 0.336 e. The zero-order valence-corrected chi connectivity index (χ0v) is 10.5. The number of nitrogens with zero attached hydrogens (tertiary/aromatic N) is 1. The molecule has 1 aromatic carbocycles. The number of carboxylic acids is 1. The van der Waals surface area contributed by atoms with Crippen LogP contribution in [0, 0.1) is 0 Å². The number of benzene rings is 1. The number of amides is 1. The van der Waals surface area contributed by atoms with E-state index >= 15 is 0 Å². The van der Waals surface area contributed by atoms with Gasteiger partial charge in [-0.05, 0) is 24.5 Å². The molecule has 1 N–H and O–H groups in total. The standard InChI is InChI=1S/C14H15NO4/c16-13-12-9(3-1-5-11(12)14(17)18)7-15(13)8-10-4-2-6-19-10/h1,3,5,10H,2,4,6-8H2,(H,17,18)/t10-/m1/s1. The van der Waals surface area contributed by atoms with Crippen LogP contribution in [0.5, 0.6) is 0 Å². The van der Waals surface area contributed by atoms with E-state index in [1.165, 1.54) is 6.07 Å². The number of hydrogen-bond donors (Lipinski definition) is 1. The van der Waals surface area contributed by atoms with Crippen molar-refractivity contribution in [1.82, 2.24) is 4.90 Å². The van der Waals surface area contributed by atoms with Crippen molar-refractivity contribution in [3.63, 3.8) is 0 Å². The van der Waals surface area contributed by atoms with Gasteiger partial charge in [-0.15, -0.1) is 0 Å². The molecule has 0 spiro atoms. The van der Waals surface area contributed by atoms with E-state index in [0.717, 1.165) is 25.0 Å². The van der Waals surface area contributed by atoms with Gasteiger partial charge >= 0.3 is 5.97 Å². The summed E-state index contributed by atoms with van der Waals surface area (Å²) < 4.78 is 5.53. The van der Waals surface area contributed by atoms with Gasteiger partial charge in [0, 0.05) is 19.7 Å². The lowest BCUT2D eigenvalue weighted by atomic mass is 10.0. The highest BCUT2D eigenvalue weighted by atomic mass is 16.5. The Balaban J connectivity index is 1.85. The van der Waals surface area contributed by atoms with Crippen LogP contribution in [0.2, 0.25) is 0 Å². The second kappa shape index (κ2) is 4.66. The maximum atomic E-state index is 12.3. The number of fused-ring (bicyclic) bond motifs is 1. The summed E-state index contributed by atoms with van der Waals surface area (Å²) in [5.74, 6) is -1.24. The SMILES string of the molecule is O=C(O)c1cccc2c1C(=O)N(C[C@H]1CCCO1)C2. The number of aromatic carboxylic acids is 1. The van der Waals surface area contributed by atoms with Crippen molar-refractivity contribution >= 4 is 11.9 Å². The summed E-state index contributed by atoms with van der Waals surface area (Å²) >= 11 is 0. The minimum Gasteiger partial charge on any atom is -0.478 e. The van der Waals surface area contributed by atoms with Gasteiger partial charge in [-0.25, -0.2) is 4.79 Å². The molecule has 0 aliphatic carbocycles. The average Bonchev–Trinajstić information content (AvgIpc) is 2.99. The Morgan fingerprint density at radius 3 is 3.00 bits per heavy atom. The van der Waals surface area contributed by atoms with E-state index in [1.54, 1.807) is 11.0 Å². The van der Waals surface area contributed by atoms with Crippen LogP contribution in [0.15, 0.2) is 18.2 Å². The molecule has 0 saturated carbocycles. The highest BCUT2D eigenvalue weighted by Crippen LogP contribution is 2.27. The molecule has 1 aromatic rings. The van der Waals surface area contributed by atoms with Gasteiger partial charge in [-0.3, -0.25) is 4.79 Å². The number of carboxylic acid groups (broad SMARTS) is 1. The van der Waals surface area contributed by atoms with Crippen LogP contribution in [0.25, 0.3) is 0 Å². The lowest BCUT2D eigenvalue weighted by Gasteiger charge is -2.19. The summed E-state index contributed by atoms with van der Waals surface area (Å²) in [4.78, 5) is 25.2. The Hall–Kier alpha value is -1.88. The molecule has 1 atom stereocenters. The number of carbonyl (C=O) groups excluding carboxylic acids is 1. The van der Waals surface area contributed by atoms with Gasteiger partial charge in [0.15, 0.2) is 0 Å². The molecule has 1 amide bonds. The maximum Gasteiger partial charge on any atom is 0.336 e. The van der Waals surface area contributed by atoms with Gasteiger partial charge < -0.3 is 14.7 Å². The van der Waals surface area contributed by atoms with Crippen LogP contribution in [0.4, 0.5) is 0 Å². The number of ether oxygens (including phenoxy) is 1. The number of carbonyl (C=O) groups is 2. The highest BCUT2D eigenvalue weighted by Gasteiger charge is 2.33. The first-order valence-electron chi connectivity index (χ1n) is 6.43. The molecular formula is C14H15NO4. The largest absolute Gasteiger partial charge is 0.478 e. The minimum absolute atomic E-state index is 0.0894. The molecule has 0 aromatic heterocycles. The van der Waals surface area contributed by atoms with Crippen molar-refractivity contribution < 1.29 is 19.4 Å². The molecule has 5 heteroatoms. The predicted molar refractivity (Wildman–Crippen MR) is 67.1 cm³/mol. The van der Waals surface area contributed by atoms with Gasteiger partial charge in [0.25, 0.3) is 5.91 Å². The van der Waals surface area contributed by atoms with Crippen molar-refractivity contribution in [2.24, 2.45) is 0 Å². The Morgan fingerprint density at radius 1 is 1.47 bits per heavy atom. The summed E-state index contributed by atoms with van der Waals surface area (Å²) in [6, 6.07) is 4.98. The third-order valence-corrected chi connectivity index (χ3v) is 3.69. The van der Waals surface area contributed by atoms with Crippen molar-refractivity contribution in [2.45, 2.75) is 25.5 Å². The van der Waals surface area contributed by atoms with Gasteiger partial charge in [-0.2, -0.15) is 0 Å². The lowest BCUT2D eigenvalue weighted by Crippen LogP contribution is -2.32. The molecule has 2 aliphatic rings. The molecule has 1 fully saturated rings. The van der Waals surface area contributed by atoms with Crippen molar-refractivity contribution in [3.05, 3.63) is 34.9 Å². The second-order valence-corrected chi connectivity index (χ2v) is 4.97. The van der Waals surface area contributed by atoms with Gasteiger partial charge in [0.2, 0.25) is 0 Å². The summed E-state index contributed by atoms with van der Waals surface area (Å²) in [6.07, 6.45) is 2.08. The molecule has 2 heterocycles. The van der Waals surface area contributed by atoms with Crippen LogP contribution < -0.4 is 0 Å². The second-order valence-electron chi connectivity index (χ2n) is 4.97. The van der Waals surface area contributed by atoms with E-state index in [4.69, 9.17) is 9.84 Å². The van der Waals surface area contributed by atoms with Crippen molar-refractivity contribution in [2.75, 3.05) is 13.2 Å². The van der Waals surface area contributed by atoms with E-state index in [-0.39, 0.29) is 17.6 Å². The van der Waals surface area contributed by atoms with Crippen LogP contribution in [0.3, 0.4) is 0 Å². The van der Waals surface area contributed by atoms with E-state index in [1.807, 2.05) is 6.07 Å². The van der Waals surface area contributed by atoms with E-state index in [0.29, 0.717) is 18.7 Å². The Kier molecular flexibility index (Phi) is 2.98. The zero-order valence-electron chi connectivity index (χ0n) is 10.5. The zero-order chi connectivity index (χ0) is 13.4. The Morgan fingerprint density at radius 2 is 2.32 bits per heavy atom. The molecule has 5 nitrogen and oxygen atoms in total. The topological polar surface area (TPSA) is 66.8 Å². The fourth-order valence-corrected chi connectivity index (χ4v) is 2.78. The quantitative estimate of drug-likeness (QED) is 0.895. The van der Waals surface area contributed by atoms with Gasteiger partial charge in [0.05, 0.1) is 17.2 Å². The summed E-state index contributed by atoms with van der Waals surface area (Å²) in [5, 5.41) is 9.14. The summed E-state index contributed by atoms with van der Waals surface area (Å²) in [6.45, 7) is 1.78. The molecule has 0 bridgehead atoms. The van der Waals surface area contributed by atoms with Gasteiger partial charge in [-0.1, -0.05) is 12.1 Å². The molecular weight excluding hydrogens is 246 g/mol. The highest BCUT2D eigenvalue weighted by molar-refractivity contribution is 6.07. The normalized spacial score (nSPS) is 21.8. The maximum absolute atomic E-state index is 12.3. The molecule has 2 aliphatic heterocycles. The van der Waals surface area contributed by atoms with Crippen LogP contribution >= 0.6 is 0 Å². The van der Waals surface area contributed by atoms with Crippen LogP contribution in [-0.2, 0) is 11.3 Å². The third kappa shape index (κ3) is 2.10. The molecule has 0 unspecified atom stereocenters. The fraction of sp³-hybridized carbons (Fsp3) is 0.429. The number of rotatable bonds is 3. The van der Waals surface area contributed by atoms with Crippen LogP contribution in [-0.4, -0.2) is 41.1 Å². The first-order valence-corrected chi connectivity index (χ1v) is 6.43. The minimum atomic E-state index is -1.05. The van der Waals surface area contributed by atoms with Crippen molar-refractivity contribution in [3.8, 4) is 0 Å². The average molecular weight is 261 g/mol. The van der Waals surface area contributed by atoms with E-state index in [2.05, 4.69) is 0 Å². The molecule has 1 saturated heterocycles. The fourth-order valence-electron chi connectivity index (χ4n) is 2.78.